The van der Waals surface area contributed by atoms with Crippen LogP contribution in [0.5, 0.6) is 0 Å². The third-order valence-electron chi connectivity index (χ3n) is 2.34. The van der Waals surface area contributed by atoms with Crippen molar-refractivity contribution in [3.05, 3.63) is 50.0 Å². The van der Waals surface area contributed by atoms with Gasteiger partial charge in [-0.15, -0.1) is 11.3 Å². The molecule has 0 aliphatic carbocycles. The van der Waals surface area contributed by atoms with Crippen molar-refractivity contribution in [2.24, 2.45) is 0 Å². The monoisotopic (exact) mass is 386 g/mol. The van der Waals surface area contributed by atoms with E-state index < -0.39 is 16.1 Å². The van der Waals surface area contributed by atoms with Crippen LogP contribution in [0.4, 0.5) is 10.5 Å². The minimum absolute atomic E-state index is 0. The predicted molar refractivity (Wildman–Crippen MR) is 85.1 cm³/mol. The molecule has 0 saturated heterocycles. The van der Waals surface area contributed by atoms with Gasteiger partial charge in [0.1, 0.15) is 4.21 Å². The van der Waals surface area contributed by atoms with Gasteiger partial charge >= 0.3 is 29.6 Å². The Balaban J connectivity index is 0.00000242. The van der Waals surface area contributed by atoms with Gasteiger partial charge in [0, 0.05) is 4.88 Å². The van der Waals surface area contributed by atoms with Crippen molar-refractivity contribution in [2.75, 3.05) is 5.32 Å². The van der Waals surface area contributed by atoms with E-state index in [4.69, 9.17) is 23.2 Å². The Bertz CT molecular complexity index is 793. The second kappa shape index (κ2) is 8.01. The largest absolute Gasteiger partial charge is 1.00 e. The van der Waals surface area contributed by atoms with Gasteiger partial charge in [-0.1, -0.05) is 29.3 Å². The number of carbonyl (C=O) groups is 1. The molecule has 0 aliphatic heterocycles. The Morgan fingerprint density at radius 2 is 1.86 bits per heavy atom. The number of hydrogen-bond acceptors (Lipinski definition) is 4. The van der Waals surface area contributed by atoms with Gasteiger partial charge in [0.25, 0.3) is 0 Å². The second-order valence-electron chi connectivity index (χ2n) is 3.99. The number of carbonyl (C=O) groups excluding carboxylic acids is 1. The maximum atomic E-state index is 11.9. The van der Waals surface area contributed by atoms with Gasteiger partial charge in [-0.2, -0.15) is 0 Å². The van der Waals surface area contributed by atoms with Crippen molar-refractivity contribution >= 4 is 56.3 Å². The molecule has 1 N–H and O–H groups in total. The Hall–Kier alpha value is -0.280. The van der Waals surface area contributed by atoms with Crippen LogP contribution in [0.15, 0.2) is 34.5 Å². The summed E-state index contributed by atoms with van der Waals surface area (Å²) >= 11 is 12.6. The molecule has 10 heteroatoms. The standard InChI is InChI=1S/C12H10Cl2N2O3S2.Na/c1-7-2-5-11(20-7)21(18,19)16-12(17)15-8-3-4-9(13)10(14)6-8;/h2-6H,1H3,(H2,15,16,17);/q;+1/p-1. The van der Waals surface area contributed by atoms with Crippen LogP contribution in [0.25, 0.3) is 4.72 Å². The molecule has 0 saturated carbocycles. The van der Waals surface area contributed by atoms with Gasteiger partial charge in [-0.25, -0.2) is 8.42 Å². The van der Waals surface area contributed by atoms with E-state index in [1.807, 2.05) is 0 Å². The number of amides is 2. The smallest absolute Gasteiger partial charge is 0.424 e. The molecule has 1 heterocycles. The number of anilines is 1. The van der Waals surface area contributed by atoms with Gasteiger partial charge in [-0.3, -0.25) is 4.79 Å². The summed E-state index contributed by atoms with van der Waals surface area (Å²) < 4.78 is 27.0. The first-order chi connectivity index (χ1) is 9.78. The summed E-state index contributed by atoms with van der Waals surface area (Å²) in [6.07, 6.45) is 0. The van der Waals surface area contributed by atoms with Crippen LogP contribution in [-0.2, 0) is 10.0 Å². The van der Waals surface area contributed by atoms with Crippen molar-refractivity contribution in [1.82, 2.24) is 0 Å². The molecule has 1 aromatic carbocycles. The molecule has 5 nitrogen and oxygen atoms in total. The molecule has 0 radical (unpaired) electrons. The molecule has 1 aromatic heterocycles. The SMILES string of the molecule is Cc1ccc(S(=O)(=O)[N-]C(=O)Nc2ccc(Cl)c(Cl)c2)s1.[Na+]. The van der Waals surface area contributed by atoms with E-state index in [-0.39, 0.29) is 38.8 Å². The molecule has 0 bridgehead atoms. The number of rotatable bonds is 3. The molecule has 0 unspecified atom stereocenters. The quantitative estimate of drug-likeness (QED) is 0.814. The normalized spacial score (nSPS) is 10.7. The minimum Gasteiger partial charge on any atom is -0.424 e. The first kappa shape index (κ1) is 19.8. The predicted octanol–water partition coefficient (Wildman–Crippen LogP) is 1.66. The molecule has 2 amide bonds. The fourth-order valence-electron chi connectivity index (χ4n) is 1.43. The molecule has 0 spiro atoms. The van der Waals surface area contributed by atoms with E-state index in [9.17, 15) is 13.2 Å². The number of nitrogens with one attached hydrogen (secondary N) is 1. The number of urea groups is 1. The molecule has 0 aliphatic rings. The molecule has 2 aromatic rings. The van der Waals surface area contributed by atoms with Gasteiger partial charge < -0.3 is 10.0 Å². The van der Waals surface area contributed by atoms with Crippen molar-refractivity contribution in [2.45, 2.75) is 11.1 Å². The number of nitrogens with zero attached hydrogens (tertiary/aromatic N) is 1. The van der Waals surface area contributed by atoms with Crippen LogP contribution in [-0.4, -0.2) is 14.4 Å². The molecule has 0 atom stereocenters. The van der Waals surface area contributed by atoms with Crippen LogP contribution < -0.4 is 34.9 Å². The van der Waals surface area contributed by atoms with Crippen LogP contribution in [0.1, 0.15) is 4.88 Å². The zero-order valence-electron chi connectivity index (χ0n) is 11.6. The Kier molecular flexibility index (Phi) is 7.20. The number of benzene rings is 1. The molecular weight excluding hydrogens is 378 g/mol. The first-order valence-electron chi connectivity index (χ1n) is 5.58. The minimum atomic E-state index is -4.00. The van der Waals surface area contributed by atoms with Gasteiger partial charge in [0.05, 0.1) is 10.0 Å². The Morgan fingerprint density at radius 3 is 2.41 bits per heavy atom. The fraction of sp³-hybridized carbons (Fsp3) is 0.0833. The van der Waals surface area contributed by atoms with Crippen molar-refractivity contribution in [1.29, 1.82) is 0 Å². The summed E-state index contributed by atoms with van der Waals surface area (Å²) in [7, 11) is -4.00. The molecular formula is C12H9Cl2N2NaO3S2. The van der Waals surface area contributed by atoms with Gasteiger partial charge in [0.15, 0.2) is 6.03 Å². The fourth-order valence-corrected chi connectivity index (χ4v) is 3.83. The summed E-state index contributed by atoms with van der Waals surface area (Å²) in [5, 5.41) is 2.89. The zero-order valence-corrected chi connectivity index (χ0v) is 16.8. The maximum absolute atomic E-state index is 11.9. The Morgan fingerprint density at radius 1 is 1.18 bits per heavy atom. The average molecular weight is 387 g/mol. The van der Waals surface area contributed by atoms with Crippen molar-refractivity contribution < 1.29 is 42.8 Å². The summed E-state index contributed by atoms with van der Waals surface area (Å²) in [6, 6.07) is 6.42. The number of thiophene rings is 1. The van der Waals surface area contributed by atoms with E-state index >= 15 is 0 Å². The maximum Gasteiger partial charge on any atom is 1.00 e. The second-order valence-corrected chi connectivity index (χ2v) is 7.92. The van der Waals surface area contributed by atoms with Crippen molar-refractivity contribution in [3.63, 3.8) is 0 Å². The topological polar surface area (TPSA) is 77.3 Å². The number of sulfonamides is 1. The van der Waals surface area contributed by atoms with E-state index in [1.165, 1.54) is 24.3 Å². The zero-order chi connectivity index (χ0) is 15.6. The van der Waals surface area contributed by atoms with Crippen LogP contribution in [0.3, 0.4) is 0 Å². The van der Waals surface area contributed by atoms with Crippen LogP contribution in [0, 0.1) is 6.92 Å². The van der Waals surface area contributed by atoms with Crippen LogP contribution >= 0.6 is 34.5 Å². The number of halogens is 2. The average Bonchev–Trinajstić information content (AvgIpc) is 2.81. The molecule has 2 rings (SSSR count). The van der Waals surface area contributed by atoms with E-state index in [2.05, 4.69) is 10.0 Å². The summed E-state index contributed by atoms with van der Waals surface area (Å²) in [6.45, 7) is 1.76. The third-order valence-corrected chi connectivity index (χ3v) is 5.81. The summed E-state index contributed by atoms with van der Waals surface area (Å²) in [4.78, 5) is 12.5. The van der Waals surface area contributed by atoms with Gasteiger partial charge in [-0.05, 0) is 36.9 Å². The molecule has 0 fully saturated rings. The molecule has 22 heavy (non-hydrogen) atoms. The molecule has 112 valence electrons. The summed E-state index contributed by atoms with van der Waals surface area (Å²) in [5.74, 6) is 0. The van der Waals surface area contributed by atoms with Gasteiger partial charge in [0.2, 0.25) is 10.0 Å². The Labute approximate surface area is 164 Å². The van der Waals surface area contributed by atoms with E-state index in [1.54, 1.807) is 13.0 Å². The van der Waals surface area contributed by atoms with E-state index in [0.717, 1.165) is 16.2 Å². The third kappa shape index (κ3) is 5.13. The summed E-state index contributed by atoms with van der Waals surface area (Å²) in [5.41, 5.74) is 0.302. The number of aryl methyl sites for hydroxylation is 1. The van der Waals surface area contributed by atoms with E-state index in [0.29, 0.717) is 10.7 Å². The first-order valence-corrected chi connectivity index (χ1v) is 8.60. The number of hydrogen-bond donors (Lipinski definition) is 1. The van der Waals surface area contributed by atoms with Crippen LogP contribution in [0.2, 0.25) is 10.0 Å². The van der Waals surface area contributed by atoms with Crippen molar-refractivity contribution in [3.8, 4) is 0 Å².